The smallest absolute Gasteiger partial charge is 0.349 e. The molecule has 6 N–H and O–H groups in total. The van der Waals surface area contributed by atoms with E-state index in [9.17, 15) is 33.9 Å². The van der Waals surface area contributed by atoms with Crippen LogP contribution in [0.25, 0.3) is 0 Å². The molecular weight excluding hydrogens is 460 g/mol. The van der Waals surface area contributed by atoms with E-state index in [0.29, 0.717) is 0 Å². The first-order chi connectivity index (χ1) is 11.2. The molecule has 0 aromatic heterocycles. The van der Waals surface area contributed by atoms with Crippen molar-refractivity contribution in [1.29, 1.82) is 0 Å². The van der Waals surface area contributed by atoms with Crippen molar-refractivity contribution in [1.82, 2.24) is 0 Å². The number of rotatable bonds is 11. The monoisotopic (exact) mass is 473 g/mol. The first kappa shape index (κ1) is 25.8. The van der Waals surface area contributed by atoms with Gasteiger partial charge in [0, 0.05) is 22.4 Å². The predicted octanol–water partition coefficient (Wildman–Crippen LogP) is -2.02. The molecule has 1 unspecified atom stereocenters. The number of ether oxygens (including phenoxy) is 1. The summed E-state index contributed by atoms with van der Waals surface area (Å²) in [5.41, 5.74) is -6.24. The van der Waals surface area contributed by atoms with Gasteiger partial charge in [0.05, 0.1) is 25.7 Å². The number of esters is 1. The summed E-state index contributed by atoms with van der Waals surface area (Å²) in [4.78, 5) is 66.0. The summed E-state index contributed by atoms with van der Waals surface area (Å²) in [5, 5.41) is 53.5. The van der Waals surface area contributed by atoms with Crippen LogP contribution in [0.4, 0.5) is 0 Å². The van der Waals surface area contributed by atoms with Crippen LogP contribution in [-0.2, 0) is 55.9 Å². The maximum absolute atomic E-state index is 11.7. The quantitative estimate of drug-likeness (QED) is 0.140. The molecule has 1 radical (unpaired) electrons. The minimum atomic E-state index is -3.17. The molecule has 151 valence electrons. The van der Waals surface area contributed by atoms with Crippen molar-refractivity contribution in [2.45, 2.75) is 36.9 Å². The van der Waals surface area contributed by atoms with Gasteiger partial charge in [-0.2, -0.15) is 0 Å². The fourth-order valence-corrected chi connectivity index (χ4v) is 1.77. The average Bonchev–Trinajstić information content (AvgIpc) is 2.34. The average molecular weight is 474 g/mol. The van der Waals surface area contributed by atoms with E-state index >= 15 is 0 Å². The van der Waals surface area contributed by atoms with Crippen molar-refractivity contribution < 1.29 is 86.5 Å². The van der Waals surface area contributed by atoms with Gasteiger partial charge in [0.1, 0.15) is 0 Å². The predicted molar refractivity (Wildman–Crippen MR) is 70.4 cm³/mol. The van der Waals surface area contributed by atoms with E-state index in [1.54, 1.807) is 0 Å². The Bertz CT molecular complexity index is 596. The van der Waals surface area contributed by atoms with E-state index in [-0.39, 0.29) is 22.4 Å². The number of carboxylic acid groups (broad SMARTS) is 5. The van der Waals surface area contributed by atoms with Gasteiger partial charge in [-0.15, -0.1) is 0 Å². The summed E-state index contributed by atoms with van der Waals surface area (Å²) in [7, 11) is 0. The number of aliphatic carboxylic acids is 5. The van der Waals surface area contributed by atoms with Crippen LogP contribution in [0.2, 0.25) is 0 Å². The molecule has 0 spiro atoms. The third kappa shape index (κ3) is 7.60. The zero-order valence-corrected chi connectivity index (χ0v) is 14.2. The number of carboxylic acids is 5. The van der Waals surface area contributed by atoms with Gasteiger partial charge in [0.15, 0.2) is 5.60 Å². The summed E-state index contributed by atoms with van der Waals surface area (Å²) >= 11 is 0. The van der Waals surface area contributed by atoms with Gasteiger partial charge in [-0.25, -0.2) is 9.59 Å². The van der Waals surface area contributed by atoms with Crippen molar-refractivity contribution in [2.24, 2.45) is 0 Å². The minimum Gasteiger partial charge on any atom is -0.481 e. The summed E-state index contributed by atoms with van der Waals surface area (Å²) in [6, 6.07) is 0. The molecule has 0 rings (SSSR count). The molecule has 0 aromatic carbocycles. The zero-order chi connectivity index (χ0) is 20.0. The summed E-state index contributed by atoms with van der Waals surface area (Å²) < 4.78 is 4.33. The van der Waals surface area contributed by atoms with Crippen molar-refractivity contribution in [3.05, 3.63) is 0 Å². The normalized spacial score (nSPS) is 12.8. The molecule has 0 aliphatic carbocycles. The fourth-order valence-electron chi connectivity index (χ4n) is 1.77. The molecule has 26 heavy (non-hydrogen) atoms. The SMILES string of the molecule is O=C(O)CC(O)(CC(=O)OC(CC(=O)O)(CC(=O)O)C(=O)O)C(=O)O.[Ag]. The zero-order valence-electron chi connectivity index (χ0n) is 12.7. The first-order valence-corrected chi connectivity index (χ1v) is 6.30. The molecule has 1 atom stereocenters. The molecule has 13 nitrogen and oxygen atoms in total. The van der Waals surface area contributed by atoms with Gasteiger partial charge in [-0.3, -0.25) is 19.2 Å². The maximum Gasteiger partial charge on any atom is 0.349 e. The Balaban J connectivity index is 0. The minimum absolute atomic E-state index is 0. The van der Waals surface area contributed by atoms with Crippen LogP contribution in [0.3, 0.4) is 0 Å². The second-order valence-electron chi connectivity index (χ2n) is 5.00. The number of hydrogen-bond acceptors (Lipinski definition) is 8. The van der Waals surface area contributed by atoms with Crippen LogP contribution < -0.4 is 0 Å². The van der Waals surface area contributed by atoms with Crippen molar-refractivity contribution >= 4 is 35.8 Å². The van der Waals surface area contributed by atoms with Crippen molar-refractivity contribution in [3.63, 3.8) is 0 Å². The molecule has 14 heteroatoms. The van der Waals surface area contributed by atoms with Gasteiger partial charge >= 0.3 is 35.8 Å². The van der Waals surface area contributed by atoms with E-state index in [0.717, 1.165) is 0 Å². The molecule has 0 aromatic rings. The number of aliphatic hydroxyl groups is 1. The first-order valence-electron chi connectivity index (χ1n) is 6.30. The second-order valence-corrected chi connectivity index (χ2v) is 5.00. The fraction of sp³-hybridized carbons (Fsp3) is 0.500. The molecular formula is C12H14AgO13. The Morgan fingerprint density at radius 2 is 1.04 bits per heavy atom. The van der Waals surface area contributed by atoms with Crippen LogP contribution >= 0.6 is 0 Å². The van der Waals surface area contributed by atoms with Gasteiger partial charge in [0.2, 0.25) is 5.60 Å². The maximum atomic E-state index is 11.7. The van der Waals surface area contributed by atoms with E-state index < -0.39 is 72.7 Å². The molecule has 0 saturated carbocycles. The molecule has 0 amide bonds. The van der Waals surface area contributed by atoms with Crippen LogP contribution in [-0.4, -0.2) is 77.7 Å². The molecule has 0 aliphatic heterocycles. The van der Waals surface area contributed by atoms with E-state index in [2.05, 4.69) is 4.74 Å². The van der Waals surface area contributed by atoms with Crippen molar-refractivity contribution in [2.75, 3.05) is 0 Å². The van der Waals surface area contributed by atoms with Crippen LogP contribution in [0.5, 0.6) is 0 Å². The van der Waals surface area contributed by atoms with E-state index in [1.165, 1.54) is 0 Å². The van der Waals surface area contributed by atoms with E-state index in [1.807, 2.05) is 0 Å². The topological polar surface area (TPSA) is 233 Å². The third-order valence-electron chi connectivity index (χ3n) is 2.85. The van der Waals surface area contributed by atoms with Gasteiger partial charge in [-0.1, -0.05) is 0 Å². The van der Waals surface area contributed by atoms with E-state index in [4.69, 9.17) is 25.5 Å². The van der Waals surface area contributed by atoms with Crippen LogP contribution in [0.15, 0.2) is 0 Å². The number of carbonyl (C=O) groups is 6. The van der Waals surface area contributed by atoms with Gasteiger partial charge in [0.25, 0.3) is 0 Å². The molecule has 0 aliphatic rings. The van der Waals surface area contributed by atoms with Crippen LogP contribution in [0, 0.1) is 0 Å². The Kier molecular flexibility index (Phi) is 9.77. The number of carbonyl (C=O) groups excluding carboxylic acids is 1. The largest absolute Gasteiger partial charge is 0.481 e. The number of hydrogen-bond donors (Lipinski definition) is 6. The Morgan fingerprint density at radius 1 is 0.654 bits per heavy atom. The summed E-state index contributed by atoms with van der Waals surface area (Å²) in [5.74, 6) is -11.6. The van der Waals surface area contributed by atoms with Gasteiger partial charge < -0.3 is 35.4 Å². The third-order valence-corrected chi connectivity index (χ3v) is 2.85. The van der Waals surface area contributed by atoms with Crippen molar-refractivity contribution in [3.8, 4) is 0 Å². The molecule has 0 heterocycles. The summed E-state index contributed by atoms with van der Waals surface area (Å²) in [6.07, 6.45) is -5.94. The second kappa shape index (κ2) is 9.86. The standard InChI is InChI=1S/C12H14O13.Ag/c13-5(14)1-11(24,9(20)21)4-8(19)25-12(10(22)23,2-6(15)16)3-7(17)18;/h24H,1-4H2,(H,13,14)(H,15,16)(H,17,18)(H,20,21)(H,22,23);. The molecule has 0 fully saturated rings. The Labute approximate surface area is 159 Å². The molecule has 0 saturated heterocycles. The summed E-state index contributed by atoms with van der Waals surface area (Å²) in [6.45, 7) is 0. The van der Waals surface area contributed by atoms with Gasteiger partial charge in [-0.05, 0) is 0 Å². The Morgan fingerprint density at radius 3 is 1.31 bits per heavy atom. The Hall–Kier alpha value is -2.48. The van der Waals surface area contributed by atoms with Crippen LogP contribution in [0.1, 0.15) is 25.7 Å². The molecule has 0 bridgehead atoms.